The fourth-order valence-corrected chi connectivity index (χ4v) is 3.59. The van der Waals surface area contributed by atoms with Gasteiger partial charge in [-0.1, -0.05) is 26.0 Å². The number of rotatable bonds is 10. The average molecular weight is 415 g/mol. The van der Waals surface area contributed by atoms with Gasteiger partial charge in [0, 0.05) is 51.5 Å². The Morgan fingerprint density at radius 2 is 1.97 bits per heavy atom. The summed E-state index contributed by atoms with van der Waals surface area (Å²) in [5.74, 6) is 2.28. The quantitative estimate of drug-likeness (QED) is 0.598. The molecule has 1 aliphatic heterocycles. The van der Waals surface area contributed by atoms with Crippen LogP contribution in [0.1, 0.15) is 31.7 Å². The molecule has 0 spiro atoms. The Balaban J connectivity index is 1.66. The number of nitrogens with zero attached hydrogens (tertiary/aromatic N) is 4. The molecule has 30 heavy (non-hydrogen) atoms. The molecule has 2 heterocycles. The van der Waals surface area contributed by atoms with E-state index in [1.807, 2.05) is 29.4 Å². The van der Waals surface area contributed by atoms with Crippen molar-refractivity contribution >= 4 is 5.91 Å². The number of imidazole rings is 1. The summed E-state index contributed by atoms with van der Waals surface area (Å²) in [6, 6.07) is 8.05. The molecule has 1 aromatic carbocycles. The highest BCUT2D eigenvalue weighted by molar-refractivity contribution is 5.76. The smallest absolute Gasteiger partial charge is 0.223 e. The third-order valence-corrected chi connectivity index (χ3v) is 5.37. The molecule has 0 atom stereocenters. The van der Waals surface area contributed by atoms with E-state index in [0.717, 1.165) is 51.0 Å². The predicted molar refractivity (Wildman–Crippen MR) is 116 cm³/mol. The molecule has 0 N–H and O–H groups in total. The van der Waals surface area contributed by atoms with Gasteiger partial charge in [0.15, 0.2) is 0 Å². The monoisotopic (exact) mass is 414 g/mol. The molecule has 0 radical (unpaired) electrons. The molecule has 0 unspecified atom stereocenters. The first-order chi connectivity index (χ1) is 14.5. The summed E-state index contributed by atoms with van der Waals surface area (Å²) in [5.41, 5.74) is 1.17. The van der Waals surface area contributed by atoms with E-state index in [9.17, 15) is 4.79 Å². The van der Waals surface area contributed by atoms with Crippen LogP contribution >= 0.6 is 0 Å². The van der Waals surface area contributed by atoms with E-state index < -0.39 is 0 Å². The molecule has 1 amide bonds. The van der Waals surface area contributed by atoms with Gasteiger partial charge in [-0.15, -0.1) is 0 Å². The number of morpholine rings is 1. The van der Waals surface area contributed by atoms with Gasteiger partial charge in [-0.3, -0.25) is 9.69 Å². The van der Waals surface area contributed by atoms with Crippen molar-refractivity contribution in [2.45, 2.75) is 33.4 Å². The minimum Gasteiger partial charge on any atom is -0.497 e. The maximum atomic E-state index is 12.9. The number of amides is 1. The van der Waals surface area contributed by atoms with Gasteiger partial charge in [-0.05, 0) is 23.6 Å². The van der Waals surface area contributed by atoms with Crippen LogP contribution in [0.15, 0.2) is 36.7 Å². The molecule has 2 aromatic rings. The molecule has 7 nitrogen and oxygen atoms in total. The maximum Gasteiger partial charge on any atom is 0.223 e. The van der Waals surface area contributed by atoms with Gasteiger partial charge in [-0.2, -0.15) is 0 Å². The summed E-state index contributed by atoms with van der Waals surface area (Å²) < 4.78 is 12.8. The van der Waals surface area contributed by atoms with Crippen LogP contribution in [0.5, 0.6) is 5.75 Å². The topological polar surface area (TPSA) is 59.8 Å². The summed E-state index contributed by atoms with van der Waals surface area (Å²) in [4.78, 5) is 21.8. The van der Waals surface area contributed by atoms with E-state index in [1.165, 1.54) is 5.56 Å². The Hall–Kier alpha value is -2.38. The number of aromatic nitrogens is 2. The van der Waals surface area contributed by atoms with Crippen molar-refractivity contribution in [2.24, 2.45) is 5.92 Å². The van der Waals surface area contributed by atoms with Crippen LogP contribution in [-0.2, 0) is 22.6 Å². The van der Waals surface area contributed by atoms with Gasteiger partial charge in [0.05, 0.1) is 26.9 Å². The first-order valence-electron chi connectivity index (χ1n) is 10.8. The van der Waals surface area contributed by atoms with Gasteiger partial charge < -0.3 is 18.9 Å². The van der Waals surface area contributed by atoms with Crippen LogP contribution in [-0.4, -0.2) is 71.8 Å². The number of benzene rings is 1. The Bertz CT molecular complexity index is 782. The SMILES string of the molecule is COc1ccc(Cn2ccnc2CN(CCN2CCOCC2)C(=O)CC(C)C)cc1. The molecule has 0 bridgehead atoms. The van der Waals surface area contributed by atoms with Crippen molar-refractivity contribution in [3.63, 3.8) is 0 Å². The molecule has 7 heteroatoms. The summed E-state index contributed by atoms with van der Waals surface area (Å²) in [5, 5.41) is 0. The molecule has 1 aromatic heterocycles. The summed E-state index contributed by atoms with van der Waals surface area (Å²) >= 11 is 0. The number of ether oxygens (including phenoxy) is 2. The van der Waals surface area contributed by atoms with Crippen molar-refractivity contribution in [3.8, 4) is 5.75 Å². The Morgan fingerprint density at radius 3 is 2.63 bits per heavy atom. The zero-order chi connectivity index (χ0) is 21.3. The summed E-state index contributed by atoms with van der Waals surface area (Å²) in [7, 11) is 1.67. The number of carbonyl (C=O) groups is 1. The van der Waals surface area contributed by atoms with Crippen molar-refractivity contribution in [3.05, 3.63) is 48.0 Å². The first kappa shape index (κ1) is 22.3. The molecule has 1 aliphatic rings. The van der Waals surface area contributed by atoms with E-state index in [4.69, 9.17) is 9.47 Å². The number of hydrogen-bond acceptors (Lipinski definition) is 5. The minimum atomic E-state index is 0.192. The van der Waals surface area contributed by atoms with Crippen LogP contribution in [0.2, 0.25) is 0 Å². The maximum absolute atomic E-state index is 12.9. The zero-order valence-corrected chi connectivity index (χ0v) is 18.4. The largest absolute Gasteiger partial charge is 0.497 e. The highest BCUT2D eigenvalue weighted by Crippen LogP contribution is 2.15. The van der Waals surface area contributed by atoms with Gasteiger partial charge in [-0.25, -0.2) is 4.98 Å². The minimum absolute atomic E-state index is 0.192. The molecule has 164 valence electrons. The van der Waals surface area contributed by atoms with Crippen molar-refractivity contribution in [1.29, 1.82) is 0 Å². The number of hydrogen-bond donors (Lipinski definition) is 0. The standard InChI is InChI=1S/C23H34N4O3/c1-19(2)16-23(28)27(11-10-25-12-14-30-15-13-25)18-22-24-8-9-26(22)17-20-4-6-21(29-3)7-5-20/h4-9,19H,10-18H2,1-3H3. The number of carbonyl (C=O) groups excluding carboxylic acids is 1. The van der Waals surface area contributed by atoms with Crippen LogP contribution in [0.25, 0.3) is 0 Å². The fraction of sp³-hybridized carbons (Fsp3) is 0.565. The van der Waals surface area contributed by atoms with Crippen molar-refractivity contribution in [1.82, 2.24) is 19.4 Å². The van der Waals surface area contributed by atoms with Crippen molar-refractivity contribution < 1.29 is 14.3 Å². The van der Waals surface area contributed by atoms with Crippen LogP contribution in [0, 0.1) is 5.92 Å². The predicted octanol–water partition coefficient (Wildman–Crippen LogP) is 2.65. The first-order valence-corrected chi connectivity index (χ1v) is 10.8. The molecule has 0 aliphatic carbocycles. The van der Waals surface area contributed by atoms with Gasteiger partial charge in [0.2, 0.25) is 5.91 Å². The summed E-state index contributed by atoms with van der Waals surface area (Å²) in [6.45, 7) is 10.4. The van der Waals surface area contributed by atoms with Crippen molar-refractivity contribution in [2.75, 3.05) is 46.5 Å². The summed E-state index contributed by atoms with van der Waals surface area (Å²) in [6.07, 6.45) is 4.35. The van der Waals surface area contributed by atoms with Crippen LogP contribution < -0.4 is 4.74 Å². The molecule has 1 fully saturated rings. The van der Waals surface area contributed by atoms with Crippen LogP contribution in [0.4, 0.5) is 0 Å². The normalized spacial score (nSPS) is 14.8. The molecular formula is C23H34N4O3. The van der Waals surface area contributed by atoms with Gasteiger partial charge in [0.25, 0.3) is 0 Å². The highest BCUT2D eigenvalue weighted by Gasteiger charge is 2.20. The molecule has 3 rings (SSSR count). The molecular weight excluding hydrogens is 380 g/mol. The van der Waals surface area contributed by atoms with Gasteiger partial charge in [0.1, 0.15) is 11.6 Å². The Morgan fingerprint density at radius 1 is 1.23 bits per heavy atom. The second-order valence-corrected chi connectivity index (χ2v) is 8.19. The van der Waals surface area contributed by atoms with E-state index in [1.54, 1.807) is 7.11 Å². The molecule has 0 saturated carbocycles. The lowest BCUT2D eigenvalue weighted by Gasteiger charge is -2.30. The lowest BCUT2D eigenvalue weighted by atomic mass is 10.1. The second kappa shape index (κ2) is 11.1. The lowest BCUT2D eigenvalue weighted by molar-refractivity contribution is -0.133. The highest BCUT2D eigenvalue weighted by atomic mass is 16.5. The third-order valence-electron chi connectivity index (χ3n) is 5.37. The molecule has 1 saturated heterocycles. The Kier molecular flexibility index (Phi) is 8.28. The Labute approximate surface area is 179 Å². The lowest BCUT2D eigenvalue weighted by Crippen LogP contribution is -2.43. The second-order valence-electron chi connectivity index (χ2n) is 8.19. The van der Waals surface area contributed by atoms with E-state index >= 15 is 0 Å². The number of methoxy groups -OCH3 is 1. The van der Waals surface area contributed by atoms with Crippen LogP contribution in [0.3, 0.4) is 0 Å². The van der Waals surface area contributed by atoms with Gasteiger partial charge >= 0.3 is 0 Å². The van der Waals surface area contributed by atoms with E-state index in [2.05, 4.69) is 40.4 Å². The van der Waals surface area contributed by atoms with E-state index in [-0.39, 0.29) is 5.91 Å². The zero-order valence-electron chi connectivity index (χ0n) is 18.4. The van der Waals surface area contributed by atoms with E-state index in [0.29, 0.717) is 25.4 Å². The average Bonchev–Trinajstić information content (AvgIpc) is 3.18. The third kappa shape index (κ3) is 6.57. The fourth-order valence-electron chi connectivity index (χ4n) is 3.59.